The molecule has 3 N–H and O–H groups in total. The molecule has 1 amide bonds. The van der Waals surface area contributed by atoms with Crippen LogP contribution in [0.15, 0.2) is 47.3 Å². The van der Waals surface area contributed by atoms with Crippen LogP contribution in [0.25, 0.3) is 21.8 Å². The van der Waals surface area contributed by atoms with Gasteiger partial charge in [-0.25, -0.2) is 4.98 Å². The van der Waals surface area contributed by atoms with Crippen LogP contribution >= 0.6 is 11.3 Å². The molecule has 0 aliphatic heterocycles. The number of ether oxygens (including phenoxy) is 2. The maximum atomic E-state index is 12.6. The van der Waals surface area contributed by atoms with E-state index in [4.69, 9.17) is 19.6 Å². The largest absolute Gasteiger partial charge is 0.462 e. The van der Waals surface area contributed by atoms with Crippen LogP contribution in [0.2, 0.25) is 0 Å². The van der Waals surface area contributed by atoms with E-state index in [0.717, 1.165) is 17.5 Å². The molecule has 4 aromatic rings. The van der Waals surface area contributed by atoms with Crippen molar-refractivity contribution in [2.24, 2.45) is 5.73 Å². The van der Waals surface area contributed by atoms with E-state index in [1.807, 2.05) is 10.6 Å². The Morgan fingerprint density at radius 1 is 1.23 bits per heavy atom. The van der Waals surface area contributed by atoms with E-state index in [1.165, 1.54) is 11.3 Å². The summed E-state index contributed by atoms with van der Waals surface area (Å²) in [5, 5.41) is 11.8. The number of carbonyl (C=O) groups is 1. The number of imidazole rings is 1. The van der Waals surface area contributed by atoms with Crippen LogP contribution in [0.3, 0.4) is 0 Å². The molecule has 0 atom stereocenters. The molecule has 0 bridgehead atoms. The first-order valence-electron chi connectivity index (χ1n) is 9.74. The Morgan fingerprint density at radius 3 is 2.97 bits per heavy atom. The van der Waals surface area contributed by atoms with Gasteiger partial charge in [-0.1, -0.05) is 11.3 Å². The summed E-state index contributed by atoms with van der Waals surface area (Å²) in [5.74, 6) is 0.326. The van der Waals surface area contributed by atoms with Crippen LogP contribution in [-0.4, -0.2) is 52.2 Å². The van der Waals surface area contributed by atoms with Gasteiger partial charge in [0.25, 0.3) is 5.91 Å². The average molecular weight is 443 g/mol. The molecule has 10 nitrogen and oxygen atoms in total. The molecule has 11 heteroatoms. The van der Waals surface area contributed by atoms with Crippen molar-refractivity contribution in [2.75, 3.05) is 31.9 Å². The molecule has 0 radical (unpaired) electrons. The first-order valence-corrected chi connectivity index (χ1v) is 10.6. The maximum absolute atomic E-state index is 12.6. The number of aromatic nitrogens is 4. The Kier molecular flexibility index (Phi) is 6.99. The number of nitrogens with two attached hydrogens (primary N) is 1. The molecule has 0 aliphatic rings. The number of fused-ring (bicyclic) bond motifs is 1. The summed E-state index contributed by atoms with van der Waals surface area (Å²) < 4.78 is 18.0. The Morgan fingerprint density at radius 2 is 2.13 bits per heavy atom. The normalized spacial score (nSPS) is 11.3. The number of carbonyl (C=O) groups excluding carboxylic acids is 1. The fourth-order valence-corrected chi connectivity index (χ4v) is 3.56. The van der Waals surface area contributed by atoms with E-state index in [2.05, 4.69) is 20.5 Å². The molecule has 31 heavy (non-hydrogen) atoms. The van der Waals surface area contributed by atoms with Gasteiger partial charge in [-0.2, -0.15) is 0 Å². The number of benzene rings is 1. The van der Waals surface area contributed by atoms with E-state index in [0.29, 0.717) is 47.8 Å². The van der Waals surface area contributed by atoms with Crippen molar-refractivity contribution in [1.82, 2.24) is 19.7 Å². The van der Waals surface area contributed by atoms with Crippen molar-refractivity contribution in [1.29, 1.82) is 0 Å². The Bertz CT molecular complexity index is 1120. The molecule has 0 spiro atoms. The number of furan rings is 1. The number of amides is 1. The van der Waals surface area contributed by atoms with Gasteiger partial charge >= 0.3 is 0 Å². The second kappa shape index (κ2) is 10.3. The number of hydrogen-bond donors (Lipinski definition) is 2. The SMILES string of the molecule is NCCCOCOCCn1cnc2cc(C(=O)Nc3nnc(-c4ccco4)s3)ccc21. The van der Waals surface area contributed by atoms with Gasteiger partial charge in [0.05, 0.1) is 36.8 Å². The van der Waals surface area contributed by atoms with Gasteiger partial charge in [-0.15, -0.1) is 10.2 Å². The van der Waals surface area contributed by atoms with Crippen molar-refractivity contribution >= 4 is 33.4 Å². The summed E-state index contributed by atoms with van der Waals surface area (Å²) in [7, 11) is 0. The number of nitrogens with zero attached hydrogens (tertiary/aromatic N) is 4. The van der Waals surface area contributed by atoms with Crippen molar-refractivity contribution in [2.45, 2.75) is 13.0 Å². The van der Waals surface area contributed by atoms with E-state index in [9.17, 15) is 4.79 Å². The van der Waals surface area contributed by atoms with Gasteiger partial charge in [-0.05, 0) is 43.3 Å². The molecule has 0 fully saturated rings. The predicted molar refractivity (Wildman–Crippen MR) is 116 cm³/mol. The lowest BCUT2D eigenvalue weighted by Crippen LogP contribution is -2.12. The first kappa shape index (κ1) is 21.1. The molecule has 0 saturated heterocycles. The minimum absolute atomic E-state index is 0.240. The molecule has 1 aromatic carbocycles. The fraction of sp³-hybridized carbons (Fsp3) is 0.300. The standard InChI is InChI=1S/C20H22N6O4S/c21-6-2-8-28-13-29-10-7-26-12-22-15-11-14(4-5-16(15)26)18(27)23-20-25-24-19(31-20)17-3-1-9-30-17/h1,3-5,9,11-12H,2,6-8,10,13,21H2,(H,23,25,27). The molecule has 3 aromatic heterocycles. The molecular formula is C20H22N6O4S. The highest BCUT2D eigenvalue weighted by Crippen LogP contribution is 2.27. The van der Waals surface area contributed by atoms with Crippen LogP contribution < -0.4 is 11.1 Å². The lowest BCUT2D eigenvalue weighted by atomic mass is 10.2. The van der Waals surface area contributed by atoms with Gasteiger partial charge in [0.2, 0.25) is 5.13 Å². The molecule has 0 aliphatic carbocycles. The topological polar surface area (TPSA) is 130 Å². The number of hydrogen-bond acceptors (Lipinski definition) is 9. The number of anilines is 1. The number of rotatable bonds is 11. The number of nitrogens with one attached hydrogen (secondary N) is 1. The zero-order valence-corrected chi connectivity index (χ0v) is 17.5. The molecule has 0 unspecified atom stereocenters. The van der Waals surface area contributed by atoms with Crippen LogP contribution in [0.1, 0.15) is 16.8 Å². The van der Waals surface area contributed by atoms with Crippen LogP contribution in [0.4, 0.5) is 5.13 Å². The zero-order valence-electron chi connectivity index (χ0n) is 16.7. The van der Waals surface area contributed by atoms with Gasteiger partial charge in [-0.3, -0.25) is 10.1 Å². The summed E-state index contributed by atoms with van der Waals surface area (Å²) in [5.41, 5.74) is 7.53. The van der Waals surface area contributed by atoms with E-state index in [-0.39, 0.29) is 12.7 Å². The minimum atomic E-state index is -0.281. The second-order valence-corrected chi connectivity index (χ2v) is 7.54. The highest BCUT2D eigenvalue weighted by atomic mass is 32.1. The Hall–Kier alpha value is -3.12. The fourth-order valence-electron chi connectivity index (χ4n) is 2.85. The minimum Gasteiger partial charge on any atom is -0.462 e. The summed E-state index contributed by atoms with van der Waals surface area (Å²) in [6.45, 7) is 2.56. The summed E-state index contributed by atoms with van der Waals surface area (Å²) >= 11 is 1.24. The van der Waals surface area contributed by atoms with Gasteiger partial charge < -0.3 is 24.2 Å². The monoisotopic (exact) mass is 442 g/mol. The van der Waals surface area contributed by atoms with Crippen molar-refractivity contribution in [3.05, 3.63) is 48.5 Å². The van der Waals surface area contributed by atoms with Gasteiger partial charge in [0.15, 0.2) is 10.8 Å². The first-order chi connectivity index (χ1) is 15.2. The Labute approximate surface area is 182 Å². The summed E-state index contributed by atoms with van der Waals surface area (Å²) in [6.07, 6.45) is 4.10. The third-order valence-corrected chi connectivity index (χ3v) is 5.25. The zero-order chi connectivity index (χ0) is 21.5. The van der Waals surface area contributed by atoms with Gasteiger partial charge in [0.1, 0.15) is 6.79 Å². The maximum Gasteiger partial charge on any atom is 0.257 e. The van der Waals surface area contributed by atoms with Crippen molar-refractivity contribution in [3.63, 3.8) is 0 Å². The molecule has 162 valence electrons. The van der Waals surface area contributed by atoms with E-state index < -0.39 is 0 Å². The highest BCUT2D eigenvalue weighted by molar-refractivity contribution is 7.18. The second-order valence-electron chi connectivity index (χ2n) is 6.56. The quantitative estimate of drug-likeness (QED) is 0.268. The van der Waals surface area contributed by atoms with E-state index >= 15 is 0 Å². The summed E-state index contributed by atoms with van der Waals surface area (Å²) in [4.78, 5) is 17.0. The molecule has 0 saturated carbocycles. The van der Waals surface area contributed by atoms with Crippen LogP contribution in [0, 0.1) is 0 Å². The predicted octanol–water partition coefficient (Wildman–Crippen LogP) is 2.74. The van der Waals surface area contributed by atoms with Crippen LogP contribution in [0.5, 0.6) is 0 Å². The van der Waals surface area contributed by atoms with Gasteiger partial charge in [0, 0.05) is 12.1 Å². The average Bonchev–Trinajstić information content (AvgIpc) is 3.53. The van der Waals surface area contributed by atoms with E-state index in [1.54, 1.807) is 36.9 Å². The molecule has 4 rings (SSSR count). The highest BCUT2D eigenvalue weighted by Gasteiger charge is 2.14. The lowest BCUT2D eigenvalue weighted by Gasteiger charge is -2.07. The lowest BCUT2D eigenvalue weighted by molar-refractivity contribution is -0.0557. The van der Waals surface area contributed by atoms with Crippen molar-refractivity contribution in [3.8, 4) is 10.8 Å². The summed E-state index contributed by atoms with van der Waals surface area (Å²) in [6, 6.07) is 8.92. The molecular weight excluding hydrogens is 420 g/mol. The van der Waals surface area contributed by atoms with Crippen molar-refractivity contribution < 1.29 is 18.7 Å². The van der Waals surface area contributed by atoms with Crippen LogP contribution in [-0.2, 0) is 16.0 Å². The molecule has 3 heterocycles. The third kappa shape index (κ3) is 5.33. The smallest absolute Gasteiger partial charge is 0.257 e. The Balaban J connectivity index is 1.33. The third-order valence-electron chi connectivity index (χ3n) is 4.40.